The summed E-state index contributed by atoms with van der Waals surface area (Å²) < 4.78 is 36.8. The molecule has 0 bridgehead atoms. The maximum absolute atomic E-state index is 12.3. The SMILES string of the molecule is O=C(NC(c1ccc([N+](=O)[O-])cc1)C1CC1)C(F)(F)F. The Balaban J connectivity index is 2.17. The minimum Gasteiger partial charge on any atom is -0.341 e. The van der Waals surface area contributed by atoms with E-state index >= 15 is 0 Å². The first-order valence-corrected chi connectivity index (χ1v) is 5.91. The highest BCUT2D eigenvalue weighted by Crippen LogP contribution is 2.41. The van der Waals surface area contributed by atoms with E-state index < -0.39 is 23.0 Å². The van der Waals surface area contributed by atoms with Crippen LogP contribution in [-0.4, -0.2) is 17.0 Å². The average Bonchev–Trinajstić information content (AvgIpc) is 3.18. The molecule has 0 saturated heterocycles. The summed E-state index contributed by atoms with van der Waals surface area (Å²) in [5.74, 6) is -2.05. The molecule has 0 spiro atoms. The normalized spacial score (nSPS) is 16.6. The fraction of sp³-hybridized carbons (Fsp3) is 0.417. The number of nitro benzene ring substituents is 1. The number of rotatable bonds is 4. The van der Waals surface area contributed by atoms with E-state index in [4.69, 9.17) is 0 Å². The molecule has 0 aromatic heterocycles. The van der Waals surface area contributed by atoms with E-state index in [1.54, 1.807) is 0 Å². The maximum Gasteiger partial charge on any atom is 0.471 e. The number of halogens is 3. The molecule has 1 amide bonds. The van der Waals surface area contributed by atoms with Crippen LogP contribution in [0.4, 0.5) is 18.9 Å². The largest absolute Gasteiger partial charge is 0.471 e. The average molecular weight is 288 g/mol. The molecule has 8 heteroatoms. The number of hydrogen-bond acceptors (Lipinski definition) is 3. The topological polar surface area (TPSA) is 72.2 Å². The molecule has 1 N–H and O–H groups in total. The van der Waals surface area contributed by atoms with Gasteiger partial charge in [0.2, 0.25) is 0 Å². The zero-order valence-corrected chi connectivity index (χ0v) is 10.2. The lowest BCUT2D eigenvalue weighted by Crippen LogP contribution is -2.39. The van der Waals surface area contributed by atoms with Gasteiger partial charge in [-0.2, -0.15) is 13.2 Å². The number of nitrogens with zero attached hydrogens (tertiary/aromatic N) is 1. The first-order chi connectivity index (χ1) is 9.29. The minimum absolute atomic E-state index is 0.0530. The fourth-order valence-corrected chi connectivity index (χ4v) is 1.93. The highest BCUT2D eigenvalue weighted by Gasteiger charge is 2.43. The summed E-state index contributed by atoms with van der Waals surface area (Å²) in [4.78, 5) is 20.9. The third-order valence-corrected chi connectivity index (χ3v) is 3.10. The molecule has 1 aromatic rings. The Hall–Kier alpha value is -2.12. The van der Waals surface area contributed by atoms with Crippen molar-refractivity contribution in [2.75, 3.05) is 0 Å². The van der Waals surface area contributed by atoms with Crippen LogP contribution in [0.1, 0.15) is 24.4 Å². The van der Waals surface area contributed by atoms with E-state index in [1.807, 2.05) is 5.32 Å². The van der Waals surface area contributed by atoms with Crippen LogP contribution in [0.15, 0.2) is 24.3 Å². The van der Waals surface area contributed by atoms with Crippen molar-refractivity contribution in [3.8, 4) is 0 Å². The fourth-order valence-electron chi connectivity index (χ4n) is 1.93. The van der Waals surface area contributed by atoms with Gasteiger partial charge in [-0.1, -0.05) is 12.1 Å². The molecule has 0 aliphatic heterocycles. The van der Waals surface area contributed by atoms with Crippen LogP contribution in [0.2, 0.25) is 0 Å². The van der Waals surface area contributed by atoms with Crippen molar-refractivity contribution in [3.05, 3.63) is 39.9 Å². The number of carbonyl (C=O) groups is 1. The summed E-state index contributed by atoms with van der Waals surface area (Å²) in [5, 5.41) is 12.5. The number of amides is 1. The highest BCUT2D eigenvalue weighted by atomic mass is 19.4. The van der Waals surface area contributed by atoms with Gasteiger partial charge in [-0.3, -0.25) is 14.9 Å². The first kappa shape index (κ1) is 14.3. The predicted molar refractivity (Wildman–Crippen MR) is 62.8 cm³/mol. The molecule has 2 rings (SSSR count). The molecule has 1 unspecified atom stereocenters. The second-order valence-electron chi connectivity index (χ2n) is 4.63. The van der Waals surface area contributed by atoms with Crippen molar-refractivity contribution in [1.82, 2.24) is 5.32 Å². The Morgan fingerprint density at radius 2 is 1.85 bits per heavy atom. The van der Waals surface area contributed by atoms with Crippen molar-refractivity contribution < 1.29 is 22.9 Å². The van der Waals surface area contributed by atoms with Crippen molar-refractivity contribution in [1.29, 1.82) is 0 Å². The van der Waals surface area contributed by atoms with Crippen LogP contribution in [0.5, 0.6) is 0 Å². The standard InChI is InChI=1S/C12H11F3N2O3/c13-12(14,15)11(18)16-10(7-1-2-7)8-3-5-9(6-4-8)17(19)20/h3-7,10H,1-2H2,(H,16,18). The molecule has 1 saturated carbocycles. The van der Waals surface area contributed by atoms with Crippen LogP contribution in [0.25, 0.3) is 0 Å². The second-order valence-corrected chi connectivity index (χ2v) is 4.63. The monoisotopic (exact) mass is 288 g/mol. The van der Waals surface area contributed by atoms with E-state index in [2.05, 4.69) is 0 Å². The highest BCUT2D eigenvalue weighted by molar-refractivity contribution is 5.82. The van der Waals surface area contributed by atoms with Crippen molar-refractivity contribution in [3.63, 3.8) is 0 Å². The van der Waals surface area contributed by atoms with Crippen LogP contribution < -0.4 is 5.32 Å². The third kappa shape index (κ3) is 3.25. The Kier molecular flexibility index (Phi) is 3.65. The van der Waals surface area contributed by atoms with E-state index in [-0.39, 0.29) is 11.6 Å². The Morgan fingerprint density at radius 3 is 2.25 bits per heavy atom. The van der Waals surface area contributed by atoms with Gasteiger partial charge >= 0.3 is 12.1 Å². The number of nitrogens with one attached hydrogen (secondary N) is 1. The summed E-state index contributed by atoms with van der Waals surface area (Å²) in [6.07, 6.45) is -3.49. The molecule has 5 nitrogen and oxygen atoms in total. The number of carbonyl (C=O) groups excluding carboxylic acids is 1. The molecule has 1 atom stereocenters. The first-order valence-electron chi connectivity index (χ1n) is 5.91. The van der Waals surface area contributed by atoms with Gasteiger partial charge in [0.1, 0.15) is 0 Å². The van der Waals surface area contributed by atoms with Crippen LogP contribution in [-0.2, 0) is 4.79 Å². The van der Waals surface area contributed by atoms with E-state index in [1.165, 1.54) is 24.3 Å². The summed E-state index contributed by atoms with van der Waals surface area (Å²) in [6, 6.07) is 4.41. The molecule has 0 heterocycles. The third-order valence-electron chi connectivity index (χ3n) is 3.10. The van der Waals surface area contributed by atoms with Gasteiger partial charge in [0.05, 0.1) is 11.0 Å². The Labute approximate surface area is 111 Å². The molecule has 20 heavy (non-hydrogen) atoms. The lowest BCUT2D eigenvalue weighted by molar-refractivity contribution is -0.384. The van der Waals surface area contributed by atoms with E-state index in [0.29, 0.717) is 5.56 Å². The van der Waals surface area contributed by atoms with Gasteiger partial charge in [0, 0.05) is 12.1 Å². The van der Waals surface area contributed by atoms with Gasteiger partial charge in [0.25, 0.3) is 5.69 Å². The van der Waals surface area contributed by atoms with Crippen molar-refractivity contribution in [2.45, 2.75) is 25.1 Å². The number of alkyl halides is 3. The lowest BCUT2D eigenvalue weighted by Gasteiger charge is -2.19. The van der Waals surface area contributed by atoms with Crippen LogP contribution >= 0.6 is 0 Å². The van der Waals surface area contributed by atoms with Crippen LogP contribution in [0.3, 0.4) is 0 Å². The van der Waals surface area contributed by atoms with Gasteiger partial charge in [-0.05, 0) is 24.3 Å². The van der Waals surface area contributed by atoms with Crippen LogP contribution in [0, 0.1) is 16.0 Å². The molecule has 0 radical (unpaired) electrons. The molecule has 1 fully saturated rings. The molecule has 1 aromatic carbocycles. The summed E-state index contributed by atoms with van der Waals surface area (Å²) in [7, 11) is 0. The Bertz CT molecular complexity index is 524. The number of hydrogen-bond donors (Lipinski definition) is 1. The van der Waals surface area contributed by atoms with E-state index in [0.717, 1.165) is 12.8 Å². The van der Waals surface area contributed by atoms with Crippen molar-refractivity contribution >= 4 is 11.6 Å². The summed E-state index contributed by atoms with van der Waals surface area (Å²) in [6.45, 7) is 0. The molecular weight excluding hydrogens is 277 g/mol. The van der Waals surface area contributed by atoms with Gasteiger partial charge < -0.3 is 5.32 Å². The van der Waals surface area contributed by atoms with Gasteiger partial charge in [0.15, 0.2) is 0 Å². The Morgan fingerprint density at radius 1 is 1.30 bits per heavy atom. The zero-order valence-electron chi connectivity index (χ0n) is 10.2. The number of benzene rings is 1. The predicted octanol–water partition coefficient (Wildman–Crippen LogP) is 2.72. The van der Waals surface area contributed by atoms with Gasteiger partial charge in [-0.15, -0.1) is 0 Å². The number of non-ortho nitro benzene ring substituents is 1. The molecule has 1 aliphatic rings. The lowest BCUT2D eigenvalue weighted by atomic mass is 10.0. The molecule has 108 valence electrons. The molecule has 1 aliphatic carbocycles. The smallest absolute Gasteiger partial charge is 0.341 e. The summed E-state index contributed by atoms with van der Waals surface area (Å²) in [5.41, 5.74) is 0.293. The molecular formula is C12H11F3N2O3. The summed E-state index contributed by atoms with van der Waals surface area (Å²) >= 11 is 0. The minimum atomic E-state index is -4.94. The van der Waals surface area contributed by atoms with Gasteiger partial charge in [-0.25, -0.2) is 0 Å². The van der Waals surface area contributed by atoms with E-state index in [9.17, 15) is 28.1 Å². The van der Waals surface area contributed by atoms with Crippen molar-refractivity contribution in [2.24, 2.45) is 5.92 Å². The quantitative estimate of drug-likeness (QED) is 0.684. The second kappa shape index (κ2) is 5.10. The number of nitro groups is 1. The maximum atomic E-state index is 12.3. The zero-order chi connectivity index (χ0) is 14.9.